The number of nitrogen functional groups attached to an aromatic ring is 1. The van der Waals surface area contributed by atoms with Gasteiger partial charge in [-0.15, -0.1) is 11.3 Å². The molecule has 220 valence electrons. The van der Waals surface area contributed by atoms with Crippen molar-refractivity contribution in [1.29, 1.82) is 0 Å². The number of anilines is 2. The van der Waals surface area contributed by atoms with E-state index in [1.807, 2.05) is 50.5 Å². The number of carbonyl (C=O) groups excluding carboxylic acids is 1. The average Bonchev–Trinajstić information content (AvgIpc) is 3.77. The highest BCUT2D eigenvalue weighted by atomic mass is 79.9. The summed E-state index contributed by atoms with van der Waals surface area (Å²) < 4.78 is 9.48. The summed E-state index contributed by atoms with van der Waals surface area (Å²) in [4.78, 5) is 28.3. The monoisotopic (exact) mass is 660 g/mol. The highest BCUT2D eigenvalue weighted by Crippen LogP contribution is 2.22. The van der Waals surface area contributed by atoms with Crippen molar-refractivity contribution in [2.45, 2.75) is 26.4 Å². The van der Waals surface area contributed by atoms with Crippen LogP contribution < -0.4 is 11.1 Å². The Hall–Kier alpha value is -4.95. The molecule has 0 aliphatic rings. The molecule has 0 aliphatic heterocycles. The number of nitrogens with two attached hydrogens (primary N) is 1. The Labute approximate surface area is 260 Å². The number of nitrogens with zero attached hydrogens (tertiary/aromatic N) is 8. The van der Waals surface area contributed by atoms with Gasteiger partial charge in [0, 0.05) is 82.9 Å². The molecule has 1 amide bonds. The lowest BCUT2D eigenvalue weighted by atomic mass is 10.2. The first-order valence-electron chi connectivity index (χ1n) is 12.9. The zero-order valence-electron chi connectivity index (χ0n) is 23.6. The van der Waals surface area contributed by atoms with Crippen LogP contribution in [0.2, 0.25) is 0 Å². The highest BCUT2D eigenvalue weighted by molar-refractivity contribution is 9.10. The zero-order chi connectivity index (χ0) is 30.7. The van der Waals surface area contributed by atoms with Crippen LogP contribution in [0.25, 0.3) is 22.3 Å². The second-order valence-electron chi connectivity index (χ2n) is 9.57. The van der Waals surface area contributed by atoms with E-state index < -0.39 is 11.7 Å². The van der Waals surface area contributed by atoms with E-state index in [1.54, 1.807) is 94.4 Å². The molecule has 0 saturated carbocycles. The predicted molar refractivity (Wildman–Crippen MR) is 170 cm³/mol. The SMILES string of the molecule is Brc1ccnc(-c2nccs2)c1.CC(C)(C)OC(=O)Nc1ccnc(-n2cccn2)c1.Nc1ccnc(-n2cccn2)c1. The Morgan fingerprint density at radius 1 is 0.860 bits per heavy atom. The minimum Gasteiger partial charge on any atom is -0.444 e. The summed E-state index contributed by atoms with van der Waals surface area (Å²) >= 11 is 4.97. The Kier molecular flexibility index (Phi) is 10.7. The molecule has 0 spiro atoms. The third-order valence-electron chi connectivity index (χ3n) is 5.01. The summed E-state index contributed by atoms with van der Waals surface area (Å²) in [6, 6.07) is 14.4. The van der Waals surface area contributed by atoms with Gasteiger partial charge < -0.3 is 10.5 Å². The van der Waals surface area contributed by atoms with Crippen LogP contribution >= 0.6 is 27.3 Å². The lowest BCUT2D eigenvalue weighted by Crippen LogP contribution is -2.27. The van der Waals surface area contributed by atoms with E-state index in [0.717, 1.165) is 21.0 Å². The lowest BCUT2D eigenvalue weighted by molar-refractivity contribution is 0.0636. The molecule has 43 heavy (non-hydrogen) atoms. The van der Waals surface area contributed by atoms with E-state index >= 15 is 0 Å². The molecule has 12 nitrogen and oxygen atoms in total. The van der Waals surface area contributed by atoms with Crippen LogP contribution in [0.15, 0.2) is 108 Å². The molecule has 0 fully saturated rings. The van der Waals surface area contributed by atoms with Gasteiger partial charge in [-0.1, -0.05) is 15.9 Å². The molecule has 0 aliphatic carbocycles. The maximum absolute atomic E-state index is 11.6. The third-order valence-corrected chi connectivity index (χ3v) is 6.30. The quantitative estimate of drug-likeness (QED) is 0.218. The molecule has 6 heterocycles. The Bertz CT molecular complexity index is 1630. The van der Waals surface area contributed by atoms with Crippen LogP contribution in [0.3, 0.4) is 0 Å². The molecule has 6 aromatic rings. The summed E-state index contributed by atoms with van der Waals surface area (Å²) in [6.07, 6.45) is 13.3. The summed E-state index contributed by atoms with van der Waals surface area (Å²) in [5, 5.41) is 13.7. The maximum atomic E-state index is 11.6. The van der Waals surface area contributed by atoms with Gasteiger partial charge in [-0.05, 0) is 57.2 Å². The number of hydrogen-bond donors (Lipinski definition) is 2. The van der Waals surface area contributed by atoms with Gasteiger partial charge in [0.25, 0.3) is 0 Å². The van der Waals surface area contributed by atoms with Crippen molar-refractivity contribution < 1.29 is 9.53 Å². The number of ether oxygens (including phenoxy) is 1. The zero-order valence-corrected chi connectivity index (χ0v) is 26.0. The first-order valence-corrected chi connectivity index (χ1v) is 14.5. The van der Waals surface area contributed by atoms with Gasteiger partial charge in [0.2, 0.25) is 0 Å². The Morgan fingerprint density at radius 2 is 1.51 bits per heavy atom. The minimum absolute atomic E-state index is 0.495. The molecular formula is C29H29BrN10O2S. The van der Waals surface area contributed by atoms with Crippen molar-refractivity contribution >= 4 is 44.7 Å². The van der Waals surface area contributed by atoms with Gasteiger partial charge in [0.1, 0.15) is 10.6 Å². The summed E-state index contributed by atoms with van der Waals surface area (Å²) in [7, 11) is 0. The standard InChI is InChI=1S/C13H16N4O2.C8H5BrN2S.C8H8N4/c1-13(2,3)19-12(18)16-10-5-7-14-11(9-10)17-8-4-6-15-17;9-6-1-2-10-7(5-6)8-11-3-4-12-8;9-7-2-4-10-8(6-7)12-5-1-3-11-12/h4-9H,1-3H3,(H,14,16,18);1-5H;1-6H,(H2,9,10). The van der Waals surface area contributed by atoms with E-state index in [4.69, 9.17) is 10.5 Å². The fourth-order valence-corrected chi connectivity index (χ4v) is 4.22. The average molecular weight is 662 g/mol. The highest BCUT2D eigenvalue weighted by Gasteiger charge is 2.16. The molecule has 0 aromatic carbocycles. The molecule has 0 saturated heterocycles. The van der Waals surface area contributed by atoms with Gasteiger partial charge >= 0.3 is 6.09 Å². The van der Waals surface area contributed by atoms with Crippen molar-refractivity contribution in [3.8, 4) is 22.3 Å². The maximum Gasteiger partial charge on any atom is 0.412 e. The summed E-state index contributed by atoms with van der Waals surface area (Å²) in [6.45, 7) is 5.44. The van der Waals surface area contributed by atoms with Gasteiger partial charge in [-0.3, -0.25) is 10.3 Å². The number of carbonyl (C=O) groups is 1. The number of nitrogens with one attached hydrogen (secondary N) is 1. The van der Waals surface area contributed by atoms with Crippen LogP contribution in [0, 0.1) is 0 Å². The fourth-order valence-electron chi connectivity index (χ4n) is 3.28. The number of rotatable bonds is 4. The molecule has 6 aromatic heterocycles. The molecule has 0 bridgehead atoms. The van der Waals surface area contributed by atoms with Crippen LogP contribution in [0.1, 0.15) is 20.8 Å². The van der Waals surface area contributed by atoms with Crippen molar-refractivity contribution in [3.05, 3.63) is 108 Å². The number of halogens is 1. The number of amides is 1. The van der Waals surface area contributed by atoms with Crippen LogP contribution in [-0.2, 0) is 4.74 Å². The predicted octanol–water partition coefficient (Wildman–Crippen LogP) is 6.43. The van der Waals surface area contributed by atoms with Crippen molar-refractivity contribution in [3.63, 3.8) is 0 Å². The lowest BCUT2D eigenvalue weighted by Gasteiger charge is -2.19. The van der Waals surface area contributed by atoms with Gasteiger partial charge in [-0.2, -0.15) is 10.2 Å². The third kappa shape index (κ3) is 10.1. The van der Waals surface area contributed by atoms with E-state index in [1.165, 1.54) is 0 Å². The first kappa shape index (κ1) is 31.0. The molecule has 0 unspecified atom stereocenters. The molecule has 3 N–H and O–H groups in total. The van der Waals surface area contributed by atoms with Crippen molar-refractivity contribution in [1.82, 2.24) is 39.5 Å². The fraction of sp³-hybridized carbons (Fsp3) is 0.138. The topological polar surface area (TPSA) is 152 Å². The minimum atomic E-state index is -0.526. The summed E-state index contributed by atoms with van der Waals surface area (Å²) in [5.74, 6) is 1.36. The van der Waals surface area contributed by atoms with Gasteiger partial charge in [-0.25, -0.2) is 29.1 Å². The van der Waals surface area contributed by atoms with E-state index in [0.29, 0.717) is 17.2 Å². The second kappa shape index (κ2) is 14.8. The van der Waals surface area contributed by atoms with Crippen LogP contribution in [0.5, 0.6) is 0 Å². The van der Waals surface area contributed by atoms with E-state index in [-0.39, 0.29) is 0 Å². The smallest absolute Gasteiger partial charge is 0.412 e. The molecule has 0 radical (unpaired) electrons. The first-order chi connectivity index (χ1) is 20.7. The second-order valence-corrected chi connectivity index (χ2v) is 11.4. The normalized spacial score (nSPS) is 10.5. The number of hydrogen-bond acceptors (Lipinski definition) is 10. The van der Waals surface area contributed by atoms with Crippen molar-refractivity contribution in [2.75, 3.05) is 11.1 Å². The molecule has 14 heteroatoms. The number of thiazole rings is 1. The van der Waals surface area contributed by atoms with Crippen LogP contribution in [0.4, 0.5) is 16.2 Å². The number of pyridine rings is 3. The van der Waals surface area contributed by atoms with E-state index in [9.17, 15) is 4.79 Å². The van der Waals surface area contributed by atoms with E-state index in [2.05, 4.69) is 51.4 Å². The van der Waals surface area contributed by atoms with Gasteiger partial charge in [0.05, 0.1) is 5.69 Å². The summed E-state index contributed by atoms with van der Waals surface area (Å²) in [5.41, 5.74) is 7.27. The van der Waals surface area contributed by atoms with Gasteiger partial charge in [0.15, 0.2) is 11.6 Å². The Balaban J connectivity index is 0.000000154. The molecule has 0 atom stereocenters. The number of aromatic nitrogens is 8. The van der Waals surface area contributed by atoms with Crippen molar-refractivity contribution in [2.24, 2.45) is 0 Å². The largest absolute Gasteiger partial charge is 0.444 e. The molecular weight excluding hydrogens is 632 g/mol. The van der Waals surface area contributed by atoms with Crippen LogP contribution in [-0.4, -0.2) is 51.2 Å². The Morgan fingerprint density at radius 3 is 2.07 bits per heavy atom. The molecule has 6 rings (SSSR count).